The van der Waals surface area contributed by atoms with E-state index in [0.717, 1.165) is 11.1 Å². The van der Waals surface area contributed by atoms with Crippen LogP contribution in [-0.4, -0.2) is 38.9 Å². The molecule has 9 nitrogen and oxygen atoms in total. The number of sulfonamides is 1. The second-order valence-electron chi connectivity index (χ2n) is 7.32. The van der Waals surface area contributed by atoms with Gasteiger partial charge in [0.1, 0.15) is 6.54 Å². The van der Waals surface area contributed by atoms with Gasteiger partial charge in [-0.15, -0.1) is 0 Å². The van der Waals surface area contributed by atoms with E-state index in [1.165, 1.54) is 31.2 Å². The highest BCUT2D eigenvalue weighted by Gasteiger charge is 2.19. The van der Waals surface area contributed by atoms with Crippen molar-refractivity contribution in [1.82, 2.24) is 5.32 Å². The fourth-order valence-corrected chi connectivity index (χ4v) is 3.48. The molecule has 0 heterocycles. The summed E-state index contributed by atoms with van der Waals surface area (Å²) in [5, 5.41) is 9.98. The van der Waals surface area contributed by atoms with E-state index in [4.69, 9.17) is 9.88 Å². The van der Waals surface area contributed by atoms with Crippen LogP contribution in [-0.2, 0) is 24.3 Å². The third-order valence-corrected chi connectivity index (χ3v) is 5.70. The van der Waals surface area contributed by atoms with Crippen molar-refractivity contribution in [2.24, 2.45) is 5.14 Å². The Bertz CT molecular complexity index is 1270. The van der Waals surface area contributed by atoms with Crippen LogP contribution < -0.4 is 15.8 Å². The molecule has 0 fully saturated rings. The summed E-state index contributed by atoms with van der Waals surface area (Å²) in [6, 6.07) is 21.8. The van der Waals surface area contributed by atoms with Crippen molar-refractivity contribution in [1.29, 1.82) is 0 Å². The average Bonchev–Trinajstić information content (AvgIpc) is 2.83. The van der Waals surface area contributed by atoms with Crippen LogP contribution in [0.1, 0.15) is 17.3 Å². The molecule has 0 saturated heterocycles. The summed E-state index contributed by atoms with van der Waals surface area (Å²) < 4.78 is 27.6. The van der Waals surface area contributed by atoms with Gasteiger partial charge in [0.15, 0.2) is 6.10 Å². The van der Waals surface area contributed by atoms with Gasteiger partial charge in [0.25, 0.3) is 11.8 Å². The van der Waals surface area contributed by atoms with E-state index in [1.54, 1.807) is 12.1 Å². The van der Waals surface area contributed by atoms with Gasteiger partial charge in [-0.1, -0.05) is 42.5 Å². The van der Waals surface area contributed by atoms with Crippen LogP contribution in [0.25, 0.3) is 11.1 Å². The predicted octanol–water partition coefficient (Wildman–Crippen LogP) is 2.30. The molecule has 4 N–H and O–H groups in total. The monoisotopic (exact) mass is 481 g/mol. The number of anilines is 1. The zero-order chi connectivity index (χ0) is 24.7. The first-order valence-electron chi connectivity index (χ1n) is 10.2. The molecule has 0 radical (unpaired) electrons. The molecule has 1 unspecified atom stereocenters. The Kier molecular flexibility index (Phi) is 7.77. The smallest absolute Gasteiger partial charge is 0.326 e. The van der Waals surface area contributed by atoms with Gasteiger partial charge in [0.2, 0.25) is 10.0 Å². The molecule has 2 amide bonds. The highest BCUT2D eigenvalue weighted by Crippen LogP contribution is 2.19. The number of primary sulfonamides is 1. The van der Waals surface area contributed by atoms with Crippen LogP contribution in [0, 0.1) is 0 Å². The minimum absolute atomic E-state index is 0.101. The first kappa shape index (κ1) is 24.6. The number of hydrogen-bond donors (Lipinski definition) is 3. The van der Waals surface area contributed by atoms with Crippen molar-refractivity contribution in [3.63, 3.8) is 0 Å². The number of nitrogens with two attached hydrogens (primary N) is 1. The lowest BCUT2D eigenvalue weighted by molar-refractivity contribution is -0.152. The summed E-state index contributed by atoms with van der Waals surface area (Å²) in [5.41, 5.74) is 2.65. The molecule has 10 heteroatoms. The minimum atomic E-state index is -3.85. The average molecular weight is 482 g/mol. The largest absolute Gasteiger partial charge is 0.451 e. The Balaban J connectivity index is 1.47. The van der Waals surface area contributed by atoms with Gasteiger partial charge < -0.3 is 15.4 Å². The van der Waals surface area contributed by atoms with Gasteiger partial charge >= 0.3 is 5.97 Å². The fourth-order valence-electron chi connectivity index (χ4n) is 2.96. The number of ether oxygens (including phenoxy) is 1. The number of nitrogens with one attached hydrogen (secondary N) is 2. The molecular weight excluding hydrogens is 458 g/mol. The molecule has 176 valence electrons. The lowest BCUT2D eigenvalue weighted by Crippen LogP contribution is -2.35. The second kappa shape index (κ2) is 10.7. The lowest BCUT2D eigenvalue weighted by atomic mass is 10.0. The molecule has 0 aromatic heterocycles. The molecule has 34 heavy (non-hydrogen) atoms. The first-order chi connectivity index (χ1) is 16.1. The number of carbonyl (C=O) groups excluding carboxylic acids is 3. The second-order valence-corrected chi connectivity index (χ2v) is 8.88. The predicted molar refractivity (Wildman–Crippen MR) is 126 cm³/mol. The zero-order valence-electron chi connectivity index (χ0n) is 18.2. The van der Waals surface area contributed by atoms with Crippen LogP contribution >= 0.6 is 0 Å². The Morgan fingerprint density at radius 1 is 0.882 bits per heavy atom. The van der Waals surface area contributed by atoms with Crippen molar-refractivity contribution in [3.8, 4) is 11.1 Å². The van der Waals surface area contributed by atoms with Crippen molar-refractivity contribution < 1.29 is 27.5 Å². The number of esters is 1. The molecule has 3 aromatic carbocycles. The standard InChI is InChI=1S/C24H23N3O6S/c1-16(23(29)27-20-11-13-21(14-12-20)34(25,31)32)33-22(28)15-26-24(30)19-9-7-18(8-10-19)17-5-3-2-4-6-17/h2-14,16H,15H2,1H3,(H,26,30)(H,27,29)(H2,25,31,32). The van der Waals surface area contributed by atoms with Crippen molar-refractivity contribution >= 4 is 33.5 Å². The Morgan fingerprint density at radius 2 is 1.47 bits per heavy atom. The number of benzene rings is 3. The Hall–Kier alpha value is -4.02. The molecule has 3 aromatic rings. The number of rotatable bonds is 8. The third kappa shape index (κ3) is 6.74. The molecule has 3 rings (SSSR count). The van der Waals surface area contributed by atoms with Gasteiger partial charge in [0.05, 0.1) is 4.90 Å². The van der Waals surface area contributed by atoms with E-state index in [9.17, 15) is 22.8 Å². The number of hydrogen-bond acceptors (Lipinski definition) is 6. The van der Waals surface area contributed by atoms with Gasteiger partial charge in [-0.3, -0.25) is 14.4 Å². The van der Waals surface area contributed by atoms with Crippen LogP contribution in [0.5, 0.6) is 0 Å². The summed E-state index contributed by atoms with van der Waals surface area (Å²) in [4.78, 5) is 36.5. The topological polar surface area (TPSA) is 145 Å². The third-order valence-electron chi connectivity index (χ3n) is 4.78. The van der Waals surface area contributed by atoms with Gasteiger partial charge in [0, 0.05) is 11.3 Å². The molecule has 1 atom stereocenters. The molecule has 0 bridgehead atoms. The summed E-state index contributed by atoms with van der Waals surface area (Å²) in [5.74, 6) is -1.87. The van der Waals surface area contributed by atoms with Crippen molar-refractivity contribution in [2.75, 3.05) is 11.9 Å². The zero-order valence-corrected chi connectivity index (χ0v) is 19.0. The van der Waals surface area contributed by atoms with E-state index in [-0.39, 0.29) is 4.90 Å². The van der Waals surface area contributed by atoms with Crippen molar-refractivity contribution in [2.45, 2.75) is 17.9 Å². The van der Waals surface area contributed by atoms with Crippen LogP contribution in [0.15, 0.2) is 83.8 Å². The van der Waals surface area contributed by atoms with Crippen LogP contribution in [0.3, 0.4) is 0 Å². The summed E-state index contributed by atoms with van der Waals surface area (Å²) in [6.45, 7) is 0.954. The van der Waals surface area contributed by atoms with E-state index >= 15 is 0 Å². The first-order valence-corrected chi connectivity index (χ1v) is 11.7. The maximum atomic E-state index is 12.3. The molecular formula is C24H23N3O6S. The molecule has 0 saturated carbocycles. The van der Waals surface area contributed by atoms with Gasteiger partial charge in [-0.05, 0) is 54.4 Å². The summed E-state index contributed by atoms with van der Waals surface area (Å²) in [7, 11) is -3.85. The van der Waals surface area contributed by atoms with Gasteiger partial charge in [-0.25, -0.2) is 13.6 Å². The summed E-state index contributed by atoms with van der Waals surface area (Å²) >= 11 is 0. The number of carbonyl (C=O) groups is 3. The normalized spacial score (nSPS) is 11.8. The lowest BCUT2D eigenvalue weighted by Gasteiger charge is -2.14. The SMILES string of the molecule is CC(OC(=O)CNC(=O)c1ccc(-c2ccccc2)cc1)C(=O)Nc1ccc(S(N)(=O)=O)cc1. The quantitative estimate of drug-likeness (QED) is 0.421. The maximum absolute atomic E-state index is 12.3. The Morgan fingerprint density at radius 3 is 2.06 bits per heavy atom. The molecule has 0 spiro atoms. The number of amides is 2. The Labute approximate surface area is 197 Å². The van der Waals surface area contributed by atoms with Crippen LogP contribution in [0.4, 0.5) is 5.69 Å². The fraction of sp³-hybridized carbons (Fsp3) is 0.125. The van der Waals surface area contributed by atoms with E-state index in [1.807, 2.05) is 42.5 Å². The molecule has 0 aliphatic rings. The maximum Gasteiger partial charge on any atom is 0.326 e. The molecule has 0 aliphatic heterocycles. The highest BCUT2D eigenvalue weighted by molar-refractivity contribution is 7.89. The van der Waals surface area contributed by atoms with E-state index in [2.05, 4.69) is 10.6 Å². The van der Waals surface area contributed by atoms with E-state index in [0.29, 0.717) is 11.3 Å². The summed E-state index contributed by atoms with van der Waals surface area (Å²) in [6.07, 6.45) is -1.15. The van der Waals surface area contributed by atoms with Crippen LogP contribution in [0.2, 0.25) is 0 Å². The highest BCUT2D eigenvalue weighted by atomic mass is 32.2. The van der Waals surface area contributed by atoms with E-state index < -0.39 is 40.5 Å². The molecule has 0 aliphatic carbocycles. The van der Waals surface area contributed by atoms with Gasteiger partial charge in [-0.2, -0.15) is 0 Å². The van der Waals surface area contributed by atoms with Crippen molar-refractivity contribution in [3.05, 3.63) is 84.4 Å². The minimum Gasteiger partial charge on any atom is -0.451 e.